The molecular weight excluding hydrogens is 320 g/mol. The fourth-order valence-electron chi connectivity index (χ4n) is 4.20. The highest BCUT2D eigenvalue weighted by molar-refractivity contribution is 5.87. The molecule has 128 valence electrons. The highest BCUT2D eigenvalue weighted by atomic mass is 35.5. The van der Waals surface area contributed by atoms with Crippen molar-refractivity contribution in [1.82, 2.24) is 10.2 Å². The number of nitrogens with zero attached hydrogens (tertiary/aromatic N) is 1. The summed E-state index contributed by atoms with van der Waals surface area (Å²) in [5.41, 5.74) is 1.32. The Balaban J connectivity index is 0.00000169. The van der Waals surface area contributed by atoms with Crippen LogP contribution in [-0.4, -0.2) is 30.4 Å². The van der Waals surface area contributed by atoms with Crippen LogP contribution in [0.15, 0.2) is 42.5 Å². The van der Waals surface area contributed by atoms with Crippen LogP contribution in [0, 0.1) is 5.92 Å². The van der Waals surface area contributed by atoms with E-state index in [4.69, 9.17) is 0 Å². The number of hydrogen-bond donors (Lipinski definition) is 1. The quantitative estimate of drug-likeness (QED) is 0.895. The van der Waals surface area contributed by atoms with Crippen LogP contribution in [0.25, 0.3) is 10.8 Å². The Morgan fingerprint density at radius 2 is 1.75 bits per heavy atom. The van der Waals surface area contributed by atoms with Gasteiger partial charge in [0, 0.05) is 12.5 Å². The molecule has 1 N–H and O–H groups in total. The molecule has 0 aromatic heterocycles. The number of carbonyl (C=O) groups is 1. The summed E-state index contributed by atoms with van der Waals surface area (Å²) in [6, 6.07) is 15.3. The molecule has 3 nitrogen and oxygen atoms in total. The van der Waals surface area contributed by atoms with Crippen LogP contribution >= 0.6 is 12.4 Å². The summed E-state index contributed by atoms with van der Waals surface area (Å²) in [5, 5.41) is 5.92. The van der Waals surface area contributed by atoms with Gasteiger partial charge < -0.3 is 10.2 Å². The zero-order valence-electron chi connectivity index (χ0n) is 13.9. The van der Waals surface area contributed by atoms with Gasteiger partial charge >= 0.3 is 0 Å². The minimum absolute atomic E-state index is 0. The van der Waals surface area contributed by atoms with Crippen molar-refractivity contribution in [3.8, 4) is 0 Å². The van der Waals surface area contributed by atoms with Crippen LogP contribution in [0.2, 0.25) is 0 Å². The number of halogens is 1. The van der Waals surface area contributed by atoms with Gasteiger partial charge in [-0.05, 0) is 55.1 Å². The van der Waals surface area contributed by atoms with E-state index in [9.17, 15) is 4.79 Å². The van der Waals surface area contributed by atoms with Crippen LogP contribution in [0.5, 0.6) is 0 Å². The topological polar surface area (TPSA) is 32.3 Å². The van der Waals surface area contributed by atoms with Crippen molar-refractivity contribution in [2.45, 2.75) is 31.7 Å². The third-order valence-corrected chi connectivity index (χ3v) is 5.41. The third kappa shape index (κ3) is 3.15. The Morgan fingerprint density at radius 1 is 1.00 bits per heavy atom. The van der Waals surface area contributed by atoms with E-state index in [-0.39, 0.29) is 24.4 Å². The summed E-state index contributed by atoms with van der Waals surface area (Å²) in [6.45, 7) is 2.86. The second-order valence-electron chi connectivity index (χ2n) is 6.78. The van der Waals surface area contributed by atoms with E-state index in [1.54, 1.807) is 0 Å². The molecule has 2 fully saturated rings. The van der Waals surface area contributed by atoms with E-state index >= 15 is 0 Å². The van der Waals surface area contributed by atoms with Crippen molar-refractivity contribution < 1.29 is 4.79 Å². The lowest BCUT2D eigenvalue weighted by Crippen LogP contribution is -2.40. The lowest BCUT2D eigenvalue weighted by Gasteiger charge is -2.31. The molecule has 4 rings (SSSR count). The fraction of sp³-hybridized carbons (Fsp3) is 0.450. The van der Waals surface area contributed by atoms with Crippen LogP contribution in [0.1, 0.15) is 37.3 Å². The van der Waals surface area contributed by atoms with Crippen molar-refractivity contribution in [3.63, 3.8) is 0 Å². The maximum atomic E-state index is 13.0. The van der Waals surface area contributed by atoms with Gasteiger partial charge in [0.05, 0.1) is 6.04 Å². The molecule has 4 heteroatoms. The van der Waals surface area contributed by atoms with Gasteiger partial charge in [0.25, 0.3) is 0 Å². The maximum absolute atomic E-state index is 13.0. The van der Waals surface area contributed by atoms with E-state index in [2.05, 4.69) is 52.7 Å². The number of nitrogens with one attached hydrogen (secondary N) is 1. The van der Waals surface area contributed by atoms with E-state index in [1.807, 2.05) is 0 Å². The van der Waals surface area contributed by atoms with Crippen LogP contribution in [-0.2, 0) is 4.79 Å². The Kier molecular flexibility index (Phi) is 5.42. The van der Waals surface area contributed by atoms with Crippen LogP contribution in [0.3, 0.4) is 0 Å². The molecule has 2 aromatic carbocycles. The molecular formula is C20H25ClN2O. The predicted octanol–water partition coefficient (Wildman–Crippen LogP) is 3.92. The molecule has 24 heavy (non-hydrogen) atoms. The predicted molar refractivity (Wildman–Crippen MR) is 100 cm³/mol. The SMILES string of the molecule is Cl.O=C(C1CCNCC1)N1CCCC1c1cccc2ccccc12. The molecule has 1 amide bonds. The van der Waals surface area contributed by atoms with Crippen molar-refractivity contribution in [2.75, 3.05) is 19.6 Å². The molecule has 0 saturated carbocycles. The third-order valence-electron chi connectivity index (χ3n) is 5.41. The minimum atomic E-state index is 0. The van der Waals surface area contributed by atoms with Gasteiger partial charge in [0.2, 0.25) is 5.91 Å². The first-order valence-electron chi connectivity index (χ1n) is 8.83. The summed E-state index contributed by atoms with van der Waals surface area (Å²) in [4.78, 5) is 15.2. The van der Waals surface area contributed by atoms with Crippen molar-refractivity contribution in [2.24, 2.45) is 5.92 Å². The second kappa shape index (κ2) is 7.54. The normalized spacial score (nSPS) is 21.7. The van der Waals surface area contributed by atoms with E-state index < -0.39 is 0 Å². The van der Waals surface area contributed by atoms with Gasteiger partial charge in [-0.3, -0.25) is 4.79 Å². The molecule has 2 aliphatic heterocycles. The monoisotopic (exact) mass is 344 g/mol. The summed E-state index contributed by atoms with van der Waals surface area (Å²) in [7, 11) is 0. The molecule has 2 saturated heterocycles. The van der Waals surface area contributed by atoms with Gasteiger partial charge in [-0.15, -0.1) is 12.4 Å². The number of fused-ring (bicyclic) bond motifs is 1. The van der Waals surface area contributed by atoms with Crippen molar-refractivity contribution >= 4 is 29.1 Å². The molecule has 2 aromatic rings. The average Bonchev–Trinajstić information content (AvgIpc) is 3.11. The lowest BCUT2D eigenvalue weighted by atomic mass is 9.94. The van der Waals surface area contributed by atoms with Crippen LogP contribution < -0.4 is 5.32 Å². The first-order chi connectivity index (χ1) is 11.3. The Morgan fingerprint density at radius 3 is 2.58 bits per heavy atom. The maximum Gasteiger partial charge on any atom is 0.226 e. The van der Waals surface area contributed by atoms with E-state index in [1.165, 1.54) is 16.3 Å². The Bertz CT molecular complexity index is 706. The number of carbonyl (C=O) groups excluding carboxylic acids is 1. The van der Waals surface area contributed by atoms with Gasteiger partial charge in [-0.1, -0.05) is 42.5 Å². The van der Waals surface area contributed by atoms with E-state index in [0.717, 1.165) is 45.3 Å². The number of amides is 1. The Labute approximate surface area is 149 Å². The molecule has 0 aliphatic carbocycles. The minimum Gasteiger partial charge on any atom is -0.335 e. The summed E-state index contributed by atoms with van der Waals surface area (Å²) in [5.74, 6) is 0.591. The Hall–Kier alpha value is -1.58. The van der Waals surface area contributed by atoms with Gasteiger partial charge in [-0.25, -0.2) is 0 Å². The fourth-order valence-corrected chi connectivity index (χ4v) is 4.20. The first kappa shape index (κ1) is 17.2. The second-order valence-corrected chi connectivity index (χ2v) is 6.78. The number of piperidine rings is 1. The molecule has 1 atom stereocenters. The highest BCUT2D eigenvalue weighted by Gasteiger charge is 2.34. The van der Waals surface area contributed by atoms with Crippen molar-refractivity contribution in [1.29, 1.82) is 0 Å². The zero-order chi connectivity index (χ0) is 15.6. The largest absolute Gasteiger partial charge is 0.335 e. The van der Waals surface area contributed by atoms with Gasteiger partial charge in [-0.2, -0.15) is 0 Å². The molecule has 2 heterocycles. The standard InChI is InChI=1S/C20H24N2O.ClH/c23-20(16-10-12-21-13-11-16)22-14-4-9-19(22)18-8-3-6-15-5-1-2-7-17(15)18;/h1-3,5-8,16,19,21H,4,9-14H2;1H. The molecule has 0 radical (unpaired) electrons. The lowest BCUT2D eigenvalue weighted by molar-refractivity contribution is -0.137. The average molecular weight is 345 g/mol. The highest BCUT2D eigenvalue weighted by Crippen LogP contribution is 2.37. The molecule has 1 unspecified atom stereocenters. The molecule has 0 bridgehead atoms. The first-order valence-corrected chi connectivity index (χ1v) is 8.83. The summed E-state index contributed by atoms with van der Waals surface area (Å²) < 4.78 is 0. The summed E-state index contributed by atoms with van der Waals surface area (Å²) >= 11 is 0. The number of hydrogen-bond acceptors (Lipinski definition) is 2. The zero-order valence-corrected chi connectivity index (χ0v) is 14.7. The van der Waals surface area contributed by atoms with Crippen molar-refractivity contribution in [3.05, 3.63) is 48.0 Å². The number of likely N-dealkylation sites (tertiary alicyclic amines) is 1. The van der Waals surface area contributed by atoms with E-state index in [0.29, 0.717) is 5.91 Å². The molecule has 2 aliphatic rings. The van der Waals surface area contributed by atoms with Gasteiger partial charge in [0.15, 0.2) is 0 Å². The summed E-state index contributed by atoms with van der Waals surface area (Å²) in [6.07, 6.45) is 4.17. The van der Waals surface area contributed by atoms with Gasteiger partial charge in [0.1, 0.15) is 0 Å². The number of rotatable bonds is 2. The number of benzene rings is 2. The molecule has 0 spiro atoms. The smallest absolute Gasteiger partial charge is 0.226 e. The van der Waals surface area contributed by atoms with Crippen LogP contribution in [0.4, 0.5) is 0 Å².